The molecule has 0 amide bonds. The maximum Gasteiger partial charge on any atom is 0.307 e. The second kappa shape index (κ2) is 8.90. The summed E-state index contributed by atoms with van der Waals surface area (Å²) in [5.41, 5.74) is 9.86. The Labute approximate surface area is 170 Å². The molecule has 5 heteroatoms. The van der Waals surface area contributed by atoms with Crippen LogP contribution in [0.5, 0.6) is 5.75 Å². The molecule has 0 fully saturated rings. The molecule has 3 aromatic rings. The van der Waals surface area contributed by atoms with Gasteiger partial charge in [-0.2, -0.15) is 0 Å². The fraction of sp³-hybridized carbons (Fsp3) is 0.208. The van der Waals surface area contributed by atoms with Crippen molar-refractivity contribution in [2.45, 2.75) is 25.5 Å². The van der Waals surface area contributed by atoms with E-state index in [2.05, 4.69) is 0 Å². The van der Waals surface area contributed by atoms with Crippen molar-refractivity contribution >= 4 is 5.97 Å². The summed E-state index contributed by atoms with van der Waals surface area (Å²) in [5, 5.41) is 18.6. The van der Waals surface area contributed by atoms with Gasteiger partial charge in [-0.1, -0.05) is 54.6 Å². The summed E-state index contributed by atoms with van der Waals surface area (Å²) in [7, 11) is 0. The average Bonchev–Trinajstić information content (AvgIpc) is 2.73. The number of benzene rings is 3. The first-order chi connectivity index (χ1) is 13.9. The quantitative estimate of drug-likeness (QED) is 0.544. The van der Waals surface area contributed by atoms with Gasteiger partial charge in [0.05, 0.1) is 18.6 Å². The number of carboxylic acid groups (broad SMARTS) is 1. The van der Waals surface area contributed by atoms with Crippen molar-refractivity contribution in [1.82, 2.24) is 0 Å². The van der Waals surface area contributed by atoms with Gasteiger partial charge in [0.25, 0.3) is 0 Å². The van der Waals surface area contributed by atoms with Gasteiger partial charge in [0.1, 0.15) is 12.4 Å². The molecule has 0 aromatic heterocycles. The Morgan fingerprint density at radius 3 is 2.41 bits per heavy atom. The summed E-state index contributed by atoms with van der Waals surface area (Å²) in [5.74, 6) is -0.318. The number of para-hydroxylation sites is 1. The van der Waals surface area contributed by atoms with Gasteiger partial charge in [0, 0.05) is 5.56 Å². The number of aliphatic carboxylic acids is 1. The first-order valence-electron chi connectivity index (χ1n) is 9.41. The minimum atomic E-state index is -0.891. The first-order valence-corrected chi connectivity index (χ1v) is 9.41. The molecule has 0 bridgehead atoms. The second-order valence-electron chi connectivity index (χ2n) is 7.32. The largest absolute Gasteiger partial charge is 0.489 e. The third-order valence-electron chi connectivity index (χ3n) is 4.82. The lowest BCUT2D eigenvalue weighted by Crippen LogP contribution is -2.36. The molecule has 0 aliphatic rings. The molecule has 3 rings (SSSR count). The van der Waals surface area contributed by atoms with Crippen LogP contribution in [0.15, 0.2) is 72.8 Å². The predicted molar refractivity (Wildman–Crippen MR) is 113 cm³/mol. The average molecular weight is 391 g/mol. The van der Waals surface area contributed by atoms with Crippen molar-refractivity contribution in [1.29, 1.82) is 0 Å². The van der Waals surface area contributed by atoms with Crippen LogP contribution in [0.3, 0.4) is 0 Å². The minimum Gasteiger partial charge on any atom is -0.489 e. The first kappa shape index (κ1) is 20.6. The van der Waals surface area contributed by atoms with Gasteiger partial charge in [0.2, 0.25) is 0 Å². The molecule has 0 aliphatic carbocycles. The molecule has 0 saturated heterocycles. The maximum absolute atomic E-state index is 11.0. The summed E-state index contributed by atoms with van der Waals surface area (Å²) in [6.07, 6.45) is -0.0777. The Bertz CT molecular complexity index is 997. The molecule has 0 heterocycles. The van der Waals surface area contributed by atoms with Gasteiger partial charge in [-0.25, -0.2) is 0 Å². The highest BCUT2D eigenvalue weighted by atomic mass is 16.5. The van der Waals surface area contributed by atoms with Crippen molar-refractivity contribution in [2.75, 3.05) is 6.61 Å². The smallest absolute Gasteiger partial charge is 0.307 e. The van der Waals surface area contributed by atoms with Crippen molar-refractivity contribution in [2.24, 2.45) is 5.73 Å². The minimum absolute atomic E-state index is 0.0777. The number of carbonyl (C=O) groups is 1. The van der Waals surface area contributed by atoms with Crippen LogP contribution in [-0.4, -0.2) is 22.8 Å². The Hall–Kier alpha value is -3.15. The highest BCUT2D eigenvalue weighted by Gasteiger charge is 2.20. The molecular formula is C24H25NO4. The Morgan fingerprint density at radius 2 is 1.69 bits per heavy atom. The molecule has 5 nitrogen and oxygen atoms in total. The van der Waals surface area contributed by atoms with E-state index >= 15 is 0 Å². The van der Waals surface area contributed by atoms with E-state index in [1.807, 2.05) is 54.6 Å². The van der Waals surface area contributed by atoms with Crippen molar-refractivity contribution in [3.8, 4) is 16.9 Å². The van der Waals surface area contributed by atoms with Crippen LogP contribution in [0.2, 0.25) is 0 Å². The van der Waals surface area contributed by atoms with E-state index in [1.165, 1.54) is 0 Å². The van der Waals surface area contributed by atoms with E-state index in [4.69, 9.17) is 15.6 Å². The fourth-order valence-electron chi connectivity index (χ4n) is 3.10. The summed E-state index contributed by atoms with van der Waals surface area (Å²) in [4.78, 5) is 11.0. The Morgan fingerprint density at radius 1 is 1.00 bits per heavy atom. The zero-order valence-corrected chi connectivity index (χ0v) is 16.3. The molecule has 29 heavy (non-hydrogen) atoms. The van der Waals surface area contributed by atoms with Crippen molar-refractivity contribution < 1.29 is 19.7 Å². The van der Waals surface area contributed by atoms with Crippen LogP contribution in [0, 0.1) is 0 Å². The third-order valence-corrected chi connectivity index (χ3v) is 4.82. The van der Waals surface area contributed by atoms with Crippen molar-refractivity contribution in [3.63, 3.8) is 0 Å². The van der Waals surface area contributed by atoms with E-state index in [0.717, 1.165) is 22.3 Å². The van der Waals surface area contributed by atoms with Crippen LogP contribution in [0.4, 0.5) is 0 Å². The van der Waals surface area contributed by atoms with Gasteiger partial charge >= 0.3 is 5.97 Å². The number of aliphatic hydroxyl groups excluding tert-OH is 1. The molecule has 4 N–H and O–H groups in total. The number of carboxylic acids is 1. The van der Waals surface area contributed by atoms with Crippen LogP contribution in [0.25, 0.3) is 11.1 Å². The number of ether oxygens (including phenoxy) is 1. The van der Waals surface area contributed by atoms with E-state index in [9.17, 15) is 9.90 Å². The zero-order valence-electron chi connectivity index (χ0n) is 16.3. The molecule has 0 spiro atoms. The highest BCUT2D eigenvalue weighted by molar-refractivity contribution is 5.71. The SMILES string of the molecule is C[C@@](N)(CO)c1cccc(-c2cccc(COc3ccccc3CC(=O)O)c2)c1. The van der Waals surface area contributed by atoms with Gasteiger partial charge in [-0.15, -0.1) is 0 Å². The standard InChI is InChI=1S/C24H25NO4/c1-24(25,16-26)21-10-5-9-19(13-21)18-8-4-6-17(12-18)15-29-22-11-3-2-7-20(22)14-23(27)28/h2-13,26H,14-16,25H2,1H3,(H,27,28)/t24-/m1/s1. The van der Waals surface area contributed by atoms with Crippen LogP contribution in [-0.2, 0) is 23.4 Å². The van der Waals surface area contributed by atoms with Crippen LogP contribution >= 0.6 is 0 Å². The molecule has 150 valence electrons. The van der Waals surface area contributed by atoms with Gasteiger partial charge in [-0.05, 0) is 47.4 Å². The van der Waals surface area contributed by atoms with E-state index < -0.39 is 11.5 Å². The lowest BCUT2D eigenvalue weighted by molar-refractivity contribution is -0.136. The zero-order chi connectivity index (χ0) is 20.9. The topological polar surface area (TPSA) is 92.8 Å². The second-order valence-corrected chi connectivity index (χ2v) is 7.32. The summed E-state index contributed by atoms with van der Waals surface area (Å²) in [6, 6.07) is 23.0. The molecule has 3 aromatic carbocycles. The molecule has 0 saturated carbocycles. The summed E-state index contributed by atoms with van der Waals surface area (Å²) >= 11 is 0. The Balaban J connectivity index is 1.80. The van der Waals surface area contributed by atoms with Gasteiger partial charge in [-0.3, -0.25) is 4.79 Å². The number of hydrogen-bond donors (Lipinski definition) is 3. The number of nitrogens with two attached hydrogens (primary N) is 1. The lowest BCUT2D eigenvalue weighted by Gasteiger charge is -2.23. The maximum atomic E-state index is 11.0. The number of hydrogen-bond acceptors (Lipinski definition) is 4. The summed E-state index contributed by atoms with van der Waals surface area (Å²) < 4.78 is 5.89. The van der Waals surface area contributed by atoms with E-state index in [-0.39, 0.29) is 13.0 Å². The monoisotopic (exact) mass is 391 g/mol. The number of aliphatic hydroxyl groups is 1. The van der Waals surface area contributed by atoms with Gasteiger partial charge < -0.3 is 20.7 Å². The summed E-state index contributed by atoms with van der Waals surface area (Å²) in [6.45, 7) is 1.99. The lowest BCUT2D eigenvalue weighted by atomic mass is 9.91. The van der Waals surface area contributed by atoms with Gasteiger partial charge in [0.15, 0.2) is 0 Å². The highest BCUT2D eigenvalue weighted by Crippen LogP contribution is 2.26. The van der Waals surface area contributed by atoms with Crippen LogP contribution in [0.1, 0.15) is 23.6 Å². The number of rotatable bonds is 8. The Kier molecular flexibility index (Phi) is 6.32. The normalized spacial score (nSPS) is 12.9. The molecule has 0 radical (unpaired) electrons. The molecule has 0 unspecified atom stereocenters. The molecular weight excluding hydrogens is 366 g/mol. The van der Waals surface area contributed by atoms with Crippen LogP contribution < -0.4 is 10.5 Å². The predicted octanol–water partition coefficient (Wildman–Crippen LogP) is 3.73. The third kappa shape index (κ3) is 5.22. The van der Waals surface area contributed by atoms with E-state index in [1.54, 1.807) is 25.1 Å². The fourth-order valence-corrected chi connectivity index (χ4v) is 3.10. The van der Waals surface area contributed by atoms with Crippen molar-refractivity contribution in [3.05, 3.63) is 89.5 Å². The molecule has 0 aliphatic heterocycles. The molecule has 1 atom stereocenters. The van der Waals surface area contributed by atoms with E-state index in [0.29, 0.717) is 17.9 Å².